The number of aryl methyl sites for hydroxylation is 1. The normalized spacial score (nSPS) is 10.8. The first-order valence-corrected chi connectivity index (χ1v) is 9.16. The number of anilines is 1. The zero-order chi connectivity index (χ0) is 16.8. The topological polar surface area (TPSA) is 33.0 Å². The molecule has 2 rings (SSSR count). The van der Waals surface area contributed by atoms with Crippen LogP contribution in [-0.2, 0) is 11.3 Å². The number of pyridine rings is 1. The number of nitrogens with zero attached hydrogens (tertiary/aromatic N) is 1. The Labute approximate surface area is 152 Å². The third kappa shape index (κ3) is 5.03. The number of rotatable bonds is 6. The van der Waals surface area contributed by atoms with E-state index >= 15 is 0 Å². The second kappa shape index (κ2) is 8.43. The number of halogens is 1. The van der Waals surface area contributed by atoms with E-state index in [9.17, 15) is 4.79 Å². The minimum absolute atomic E-state index is 0.00501. The zero-order valence-electron chi connectivity index (χ0n) is 14.0. The van der Waals surface area contributed by atoms with Gasteiger partial charge in [-0.25, -0.2) is 0 Å². The van der Waals surface area contributed by atoms with E-state index in [0.29, 0.717) is 12.5 Å². The lowest BCUT2D eigenvalue weighted by Crippen LogP contribution is -2.39. The van der Waals surface area contributed by atoms with Gasteiger partial charge in [0.15, 0.2) is 12.4 Å². The van der Waals surface area contributed by atoms with E-state index in [-0.39, 0.29) is 5.91 Å². The van der Waals surface area contributed by atoms with E-state index in [0.717, 1.165) is 24.1 Å². The summed E-state index contributed by atoms with van der Waals surface area (Å²) in [4.78, 5) is 12.2. The van der Waals surface area contributed by atoms with Gasteiger partial charge in [0, 0.05) is 21.4 Å². The van der Waals surface area contributed by atoms with Crippen molar-refractivity contribution < 1.29 is 9.36 Å². The molecule has 0 spiro atoms. The lowest BCUT2D eigenvalue weighted by Gasteiger charge is -2.11. The molecule has 0 saturated heterocycles. The number of carbonyl (C=O) groups excluding carboxylic acids is 1. The summed E-state index contributed by atoms with van der Waals surface area (Å²) in [5, 5.41) is 2.98. The van der Waals surface area contributed by atoms with Crippen LogP contribution in [0, 0.1) is 10.5 Å². The fourth-order valence-corrected chi connectivity index (χ4v) is 3.38. The Morgan fingerprint density at radius 2 is 1.83 bits per heavy atom. The Morgan fingerprint density at radius 1 is 1.17 bits per heavy atom. The van der Waals surface area contributed by atoms with E-state index in [1.807, 2.05) is 36.0 Å². The van der Waals surface area contributed by atoms with E-state index in [1.165, 1.54) is 9.13 Å². The molecule has 2 aromatic rings. The molecule has 1 aromatic heterocycles. The Morgan fingerprint density at radius 3 is 2.39 bits per heavy atom. The minimum Gasteiger partial charge on any atom is -0.320 e. The van der Waals surface area contributed by atoms with Crippen molar-refractivity contribution in [2.24, 2.45) is 0 Å². The number of nitrogens with one attached hydrogen (secondary N) is 1. The van der Waals surface area contributed by atoms with Gasteiger partial charge < -0.3 is 5.32 Å². The molecule has 0 aliphatic carbocycles. The molecule has 1 aromatic carbocycles. The van der Waals surface area contributed by atoms with Crippen LogP contribution in [0.5, 0.6) is 0 Å². The average Bonchev–Trinajstić information content (AvgIpc) is 2.53. The lowest BCUT2D eigenvalue weighted by molar-refractivity contribution is -0.684. The summed E-state index contributed by atoms with van der Waals surface area (Å²) in [5.74, 6) is 0.600. The lowest BCUT2D eigenvalue weighted by atomic mass is 9.95. The molecule has 0 atom stereocenters. The first-order chi connectivity index (χ1) is 11.0. The molecular formula is C19H24IN2O+. The Kier molecular flexibility index (Phi) is 6.57. The summed E-state index contributed by atoms with van der Waals surface area (Å²) in [6.07, 6.45) is 6.28. The first kappa shape index (κ1) is 17.9. The number of hydrogen-bond acceptors (Lipinski definition) is 1. The second-order valence-corrected chi connectivity index (χ2v) is 7.07. The summed E-state index contributed by atoms with van der Waals surface area (Å²) >= 11 is 2.27. The van der Waals surface area contributed by atoms with E-state index in [1.54, 1.807) is 0 Å². The highest BCUT2D eigenvalue weighted by molar-refractivity contribution is 14.1. The van der Waals surface area contributed by atoms with Crippen LogP contribution in [0.1, 0.15) is 43.7 Å². The highest BCUT2D eigenvalue weighted by atomic mass is 127. The monoisotopic (exact) mass is 423 g/mol. The summed E-state index contributed by atoms with van der Waals surface area (Å²) in [5.41, 5.74) is 3.31. The Hall–Kier alpha value is -1.43. The SMILES string of the molecule is CCC(CC)c1cc[n+](CC(=O)Nc2ccc(I)cc2C)cc1. The van der Waals surface area contributed by atoms with E-state index in [2.05, 4.69) is 60.0 Å². The molecular weight excluding hydrogens is 399 g/mol. The van der Waals surface area contributed by atoms with Gasteiger partial charge in [0.1, 0.15) is 0 Å². The molecule has 0 radical (unpaired) electrons. The van der Waals surface area contributed by atoms with Crippen LogP contribution in [-0.4, -0.2) is 5.91 Å². The highest BCUT2D eigenvalue weighted by Crippen LogP contribution is 2.21. The van der Waals surface area contributed by atoms with Crippen molar-refractivity contribution in [1.29, 1.82) is 0 Å². The molecule has 3 nitrogen and oxygen atoms in total. The molecule has 0 aliphatic rings. The van der Waals surface area contributed by atoms with Crippen molar-refractivity contribution in [3.05, 3.63) is 57.4 Å². The van der Waals surface area contributed by atoms with Crippen molar-refractivity contribution in [1.82, 2.24) is 0 Å². The third-order valence-corrected chi connectivity index (χ3v) is 4.83. The van der Waals surface area contributed by atoms with Gasteiger partial charge in [-0.15, -0.1) is 0 Å². The van der Waals surface area contributed by atoms with Crippen molar-refractivity contribution in [2.75, 3.05) is 5.32 Å². The van der Waals surface area contributed by atoms with Gasteiger partial charge in [0.25, 0.3) is 5.91 Å². The molecule has 1 amide bonds. The fourth-order valence-electron chi connectivity index (χ4n) is 2.73. The predicted molar refractivity (Wildman–Crippen MR) is 102 cm³/mol. The van der Waals surface area contributed by atoms with Crippen molar-refractivity contribution in [3.63, 3.8) is 0 Å². The van der Waals surface area contributed by atoms with Crippen LogP contribution < -0.4 is 9.88 Å². The molecule has 0 saturated carbocycles. The summed E-state index contributed by atoms with van der Waals surface area (Å²) in [6.45, 7) is 6.77. The highest BCUT2D eigenvalue weighted by Gasteiger charge is 2.13. The van der Waals surface area contributed by atoms with Crippen LogP contribution >= 0.6 is 22.6 Å². The zero-order valence-corrected chi connectivity index (χ0v) is 16.1. The van der Waals surface area contributed by atoms with E-state index in [4.69, 9.17) is 0 Å². The standard InChI is InChI=1S/C19H23IN2O/c1-4-15(5-2)16-8-10-22(11-9-16)13-19(23)21-18-7-6-17(20)12-14(18)3/h6-12,15H,4-5,13H2,1-3H3/p+1. The molecule has 0 fully saturated rings. The maximum atomic E-state index is 12.2. The van der Waals surface area contributed by atoms with Crippen LogP contribution in [0.4, 0.5) is 5.69 Å². The van der Waals surface area contributed by atoms with Gasteiger partial charge in [-0.3, -0.25) is 4.79 Å². The Balaban J connectivity index is 2.00. The molecule has 0 bridgehead atoms. The summed E-state index contributed by atoms with van der Waals surface area (Å²) in [7, 11) is 0. The van der Waals surface area contributed by atoms with Crippen LogP contribution in [0.2, 0.25) is 0 Å². The van der Waals surface area contributed by atoms with Gasteiger partial charge in [0.05, 0.1) is 0 Å². The summed E-state index contributed by atoms with van der Waals surface area (Å²) < 4.78 is 3.09. The molecule has 4 heteroatoms. The molecule has 23 heavy (non-hydrogen) atoms. The van der Waals surface area contributed by atoms with Gasteiger partial charge in [-0.1, -0.05) is 13.8 Å². The largest absolute Gasteiger partial charge is 0.320 e. The first-order valence-electron chi connectivity index (χ1n) is 8.08. The van der Waals surface area contributed by atoms with Crippen LogP contribution in [0.15, 0.2) is 42.7 Å². The van der Waals surface area contributed by atoms with Gasteiger partial charge in [-0.05, 0) is 77.6 Å². The summed E-state index contributed by atoms with van der Waals surface area (Å²) in [6, 6.07) is 10.3. The predicted octanol–water partition coefficient (Wildman–Crippen LogP) is 4.43. The van der Waals surface area contributed by atoms with Crippen molar-refractivity contribution >= 4 is 34.2 Å². The minimum atomic E-state index is -0.00501. The second-order valence-electron chi connectivity index (χ2n) is 5.82. The molecule has 0 unspecified atom stereocenters. The van der Waals surface area contributed by atoms with E-state index < -0.39 is 0 Å². The smallest absolute Gasteiger partial charge is 0.290 e. The molecule has 0 aliphatic heterocycles. The number of hydrogen-bond donors (Lipinski definition) is 1. The number of amides is 1. The maximum absolute atomic E-state index is 12.2. The third-order valence-electron chi connectivity index (χ3n) is 4.16. The molecule has 122 valence electrons. The van der Waals surface area contributed by atoms with Crippen LogP contribution in [0.25, 0.3) is 0 Å². The maximum Gasteiger partial charge on any atom is 0.290 e. The number of aromatic nitrogens is 1. The fraction of sp³-hybridized carbons (Fsp3) is 0.368. The number of carbonyl (C=O) groups is 1. The quantitative estimate of drug-likeness (QED) is 0.541. The number of benzene rings is 1. The average molecular weight is 423 g/mol. The van der Waals surface area contributed by atoms with Gasteiger partial charge in [-0.2, -0.15) is 4.57 Å². The van der Waals surface area contributed by atoms with Crippen LogP contribution in [0.3, 0.4) is 0 Å². The molecule has 1 heterocycles. The van der Waals surface area contributed by atoms with Crippen molar-refractivity contribution in [2.45, 2.75) is 46.1 Å². The molecule has 1 N–H and O–H groups in total. The van der Waals surface area contributed by atoms with Gasteiger partial charge >= 0.3 is 0 Å². The van der Waals surface area contributed by atoms with Crippen molar-refractivity contribution in [3.8, 4) is 0 Å². The van der Waals surface area contributed by atoms with Gasteiger partial charge in [0.2, 0.25) is 6.54 Å². The Bertz CT molecular complexity index is 664.